The molecule has 0 spiro atoms. The first-order valence-corrected chi connectivity index (χ1v) is 9.33. The Morgan fingerprint density at radius 3 is 3.12 bits per heavy atom. The average Bonchev–Trinajstić information content (AvgIpc) is 3.06. The Kier molecular flexibility index (Phi) is 4.85. The lowest BCUT2D eigenvalue weighted by atomic mass is 10.2. The van der Waals surface area contributed by atoms with Crippen LogP contribution >= 0.6 is 23.4 Å². The maximum absolute atomic E-state index is 12.1. The summed E-state index contributed by atoms with van der Waals surface area (Å²) in [5.41, 5.74) is 1.32. The van der Waals surface area contributed by atoms with Gasteiger partial charge in [0.2, 0.25) is 5.91 Å². The standard InChI is InChI=1S/C17H15ClN4O3S/c18-10-5-12-16(20-6-10)22-17(21-12)26-9-15(23)19-7-11-8-24-13-3-1-2-4-14(13)25-11/h1-6,11H,7-9H2,(H,19,23)(H,20,21,22)/t11-/m0/s1. The highest BCUT2D eigenvalue weighted by molar-refractivity contribution is 7.99. The van der Waals surface area contributed by atoms with Gasteiger partial charge in [0.1, 0.15) is 12.7 Å². The number of benzene rings is 1. The number of nitrogens with zero attached hydrogens (tertiary/aromatic N) is 2. The lowest BCUT2D eigenvalue weighted by Crippen LogP contribution is -2.41. The third-order valence-electron chi connectivity index (χ3n) is 3.72. The number of H-pyrrole nitrogens is 1. The van der Waals surface area contributed by atoms with Crippen molar-refractivity contribution in [3.8, 4) is 11.5 Å². The van der Waals surface area contributed by atoms with E-state index in [1.165, 1.54) is 18.0 Å². The number of thioether (sulfide) groups is 1. The Labute approximate surface area is 158 Å². The molecule has 1 atom stereocenters. The van der Waals surface area contributed by atoms with Gasteiger partial charge in [-0.25, -0.2) is 9.97 Å². The molecule has 2 N–H and O–H groups in total. The van der Waals surface area contributed by atoms with Gasteiger partial charge in [0, 0.05) is 6.20 Å². The van der Waals surface area contributed by atoms with Crippen LogP contribution in [0, 0.1) is 0 Å². The van der Waals surface area contributed by atoms with Gasteiger partial charge in [0.05, 0.1) is 22.8 Å². The van der Waals surface area contributed by atoms with Crippen molar-refractivity contribution >= 4 is 40.4 Å². The van der Waals surface area contributed by atoms with Gasteiger partial charge in [0.15, 0.2) is 22.3 Å². The summed E-state index contributed by atoms with van der Waals surface area (Å²) in [6, 6.07) is 9.23. The van der Waals surface area contributed by atoms with Gasteiger partial charge in [-0.2, -0.15) is 0 Å². The highest BCUT2D eigenvalue weighted by Crippen LogP contribution is 2.30. The molecule has 0 saturated heterocycles. The van der Waals surface area contributed by atoms with E-state index in [1.54, 1.807) is 6.07 Å². The molecule has 0 bridgehead atoms. The van der Waals surface area contributed by atoms with Gasteiger partial charge in [-0.3, -0.25) is 4.79 Å². The quantitative estimate of drug-likeness (QED) is 0.651. The van der Waals surface area contributed by atoms with Crippen molar-refractivity contribution in [1.29, 1.82) is 0 Å². The number of rotatable bonds is 5. The first-order chi connectivity index (χ1) is 12.7. The van der Waals surface area contributed by atoms with Gasteiger partial charge in [-0.1, -0.05) is 35.5 Å². The molecule has 1 aliphatic heterocycles. The second-order valence-corrected chi connectivity index (χ2v) is 7.06. The molecule has 0 unspecified atom stereocenters. The lowest BCUT2D eigenvalue weighted by molar-refractivity contribution is -0.119. The summed E-state index contributed by atoms with van der Waals surface area (Å²) in [6.07, 6.45) is 1.33. The molecule has 3 aromatic rings. The third-order valence-corrected chi connectivity index (χ3v) is 4.80. The van der Waals surface area contributed by atoms with E-state index in [0.717, 1.165) is 11.3 Å². The van der Waals surface area contributed by atoms with Crippen molar-refractivity contribution < 1.29 is 14.3 Å². The maximum Gasteiger partial charge on any atom is 0.230 e. The normalized spacial score (nSPS) is 15.8. The molecule has 26 heavy (non-hydrogen) atoms. The number of amides is 1. The van der Waals surface area contributed by atoms with Gasteiger partial charge in [-0.05, 0) is 18.2 Å². The number of para-hydroxylation sites is 2. The zero-order valence-corrected chi connectivity index (χ0v) is 15.1. The molecule has 1 aliphatic rings. The molecule has 1 aromatic carbocycles. The van der Waals surface area contributed by atoms with Crippen LogP contribution in [0.3, 0.4) is 0 Å². The number of aromatic nitrogens is 3. The Morgan fingerprint density at radius 1 is 1.38 bits per heavy atom. The number of imidazole rings is 1. The first kappa shape index (κ1) is 17.0. The number of aromatic amines is 1. The highest BCUT2D eigenvalue weighted by Gasteiger charge is 2.21. The largest absolute Gasteiger partial charge is 0.486 e. The average molecular weight is 391 g/mol. The fraction of sp³-hybridized carbons (Fsp3) is 0.235. The van der Waals surface area contributed by atoms with Crippen LogP contribution in [0.5, 0.6) is 11.5 Å². The van der Waals surface area contributed by atoms with Gasteiger partial charge in [-0.15, -0.1) is 0 Å². The predicted molar refractivity (Wildman–Crippen MR) is 99.0 cm³/mol. The predicted octanol–water partition coefficient (Wildman–Crippen LogP) is 2.66. The van der Waals surface area contributed by atoms with Crippen LogP contribution in [-0.2, 0) is 4.79 Å². The Hall–Kier alpha value is -2.45. The number of carbonyl (C=O) groups is 1. The van der Waals surface area contributed by atoms with E-state index in [1.807, 2.05) is 24.3 Å². The summed E-state index contributed by atoms with van der Waals surface area (Å²) in [5, 5.41) is 4.01. The van der Waals surface area contributed by atoms with E-state index in [9.17, 15) is 4.79 Å². The van der Waals surface area contributed by atoms with Crippen molar-refractivity contribution in [2.45, 2.75) is 11.3 Å². The first-order valence-electron chi connectivity index (χ1n) is 7.96. The van der Waals surface area contributed by atoms with E-state index in [0.29, 0.717) is 34.7 Å². The highest BCUT2D eigenvalue weighted by atomic mass is 35.5. The van der Waals surface area contributed by atoms with Crippen molar-refractivity contribution in [3.63, 3.8) is 0 Å². The van der Waals surface area contributed by atoms with Crippen LogP contribution in [0.1, 0.15) is 0 Å². The number of halogens is 1. The monoisotopic (exact) mass is 390 g/mol. The smallest absolute Gasteiger partial charge is 0.230 e. The zero-order valence-electron chi connectivity index (χ0n) is 13.6. The van der Waals surface area contributed by atoms with E-state index in [-0.39, 0.29) is 17.8 Å². The number of fused-ring (bicyclic) bond motifs is 2. The molecule has 2 aromatic heterocycles. The molecule has 134 valence electrons. The lowest BCUT2D eigenvalue weighted by Gasteiger charge is -2.26. The minimum atomic E-state index is -0.212. The molecule has 9 heteroatoms. The number of ether oxygens (including phenoxy) is 2. The van der Waals surface area contributed by atoms with Crippen molar-refractivity contribution in [2.24, 2.45) is 0 Å². The summed E-state index contributed by atoms with van der Waals surface area (Å²) >= 11 is 7.20. The molecule has 0 radical (unpaired) electrons. The molecule has 3 heterocycles. The Morgan fingerprint density at radius 2 is 2.23 bits per heavy atom. The molecule has 0 aliphatic carbocycles. The molecular weight excluding hydrogens is 376 g/mol. The molecule has 0 saturated carbocycles. The zero-order chi connectivity index (χ0) is 17.9. The summed E-state index contributed by atoms with van der Waals surface area (Å²) in [7, 11) is 0. The van der Waals surface area contributed by atoms with Crippen molar-refractivity contribution in [2.75, 3.05) is 18.9 Å². The summed E-state index contributed by atoms with van der Waals surface area (Å²) in [4.78, 5) is 23.6. The van der Waals surface area contributed by atoms with E-state index >= 15 is 0 Å². The molecule has 0 fully saturated rings. The van der Waals surface area contributed by atoms with Crippen LogP contribution in [0.2, 0.25) is 5.02 Å². The second kappa shape index (κ2) is 7.43. The van der Waals surface area contributed by atoms with E-state index < -0.39 is 0 Å². The van der Waals surface area contributed by atoms with E-state index in [2.05, 4.69) is 20.3 Å². The van der Waals surface area contributed by atoms with Crippen molar-refractivity contribution in [3.05, 3.63) is 41.6 Å². The van der Waals surface area contributed by atoms with E-state index in [4.69, 9.17) is 21.1 Å². The third kappa shape index (κ3) is 3.86. The fourth-order valence-electron chi connectivity index (χ4n) is 2.50. The summed E-state index contributed by atoms with van der Waals surface area (Å²) in [6.45, 7) is 0.783. The van der Waals surface area contributed by atoms with Gasteiger partial charge < -0.3 is 19.8 Å². The number of nitrogens with one attached hydrogen (secondary N) is 2. The van der Waals surface area contributed by atoms with Gasteiger partial charge >= 0.3 is 0 Å². The van der Waals surface area contributed by atoms with Crippen LogP contribution in [0.25, 0.3) is 11.2 Å². The number of pyridine rings is 1. The minimum absolute atomic E-state index is 0.107. The topological polar surface area (TPSA) is 89.1 Å². The van der Waals surface area contributed by atoms with Crippen LogP contribution in [-0.4, -0.2) is 45.9 Å². The second-order valence-electron chi connectivity index (χ2n) is 5.66. The van der Waals surface area contributed by atoms with Crippen molar-refractivity contribution in [1.82, 2.24) is 20.3 Å². The Bertz CT molecular complexity index is 949. The fourth-order valence-corrected chi connectivity index (χ4v) is 3.36. The number of hydrogen-bond donors (Lipinski definition) is 2. The molecular formula is C17H15ClN4O3S. The Balaban J connectivity index is 1.26. The maximum atomic E-state index is 12.1. The number of hydrogen-bond acceptors (Lipinski definition) is 6. The van der Waals surface area contributed by atoms with Crippen LogP contribution in [0.15, 0.2) is 41.7 Å². The van der Waals surface area contributed by atoms with Crippen LogP contribution < -0.4 is 14.8 Å². The molecule has 7 nitrogen and oxygen atoms in total. The van der Waals surface area contributed by atoms with Crippen LogP contribution in [0.4, 0.5) is 0 Å². The number of carbonyl (C=O) groups excluding carboxylic acids is 1. The summed E-state index contributed by atoms with van der Waals surface area (Å²) < 4.78 is 11.4. The minimum Gasteiger partial charge on any atom is -0.486 e. The SMILES string of the molecule is O=C(CSc1nc2ncc(Cl)cc2[nH]1)NC[C@H]1COc2ccccc2O1. The summed E-state index contributed by atoms with van der Waals surface area (Å²) in [5.74, 6) is 1.55. The molecule has 1 amide bonds. The molecule has 4 rings (SSSR count). The van der Waals surface area contributed by atoms with Gasteiger partial charge in [0.25, 0.3) is 0 Å².